The molecular weight excluding hydrogens is 454 g/mol. The van der Waals surface area contributed by atoms with Crippen LogP contribution in [0.25, 0.3) is 11.6 Å². The van der Waals surface area contributed by atoms with E-state index in [-0.39, 0.29) is 16.4 Å². The quantitative estimate of drug-likeness (QED) is 0.235. The van der Waals surface area contributed by atoms with Gasteiger partial charge in [-0.3, -0.25) is 0 Å². The zero-order valence-corrected chi connectivity index (χ0v) is 20.2. The molecular formula is C26H25NO6S. The van der Waals surface area contributed by atoms with Gasteiger partial charge in [-0.1, -0.05) is 23.8 Å². The van der Waals surface area contributed by atoms with Crippen molar-refractivity contribution in [1.82, 2.24) is 0 Å². The lowest BCUT2D eigenvalue weighted by Crippen LogP contribution is -2.10. The molecule has 0 unspecified atom stereocenters. The van der Waals surface area contributed by atoms with E-state index in [4.69, 9.17) is 18.4 Å². The van der Waals surface area contributed by atoms with Gasteiger partial charge in [0.25, 0.3) is 0 Å². The Balaban J connectivity index is 1.96. The lowest BCUT2D eigenvalue weighted by atomic mass is 10.0. The summed E-state index contributed by atoms with van der Waals surface area (Å²) in [5.41, 5.74) is 2.59. The number of benzene rings is 3. The fraction of sp³-hybridized carbons (Fsp3) is 0.192. The highest BCUT2D eigenvalue weighted by atomic mass is 32.2. The van der Waals surface area contributed by atoms with E-state index < -0.39 is 10.1 Å². The molecule has 0 spiro atoms. The maximum atomic E-state index is 12.7. The monoisotopic (exact) mass is 479 g/mol. The number of aryl methyl sites for hydroxylation is 1. The Morgan fingerprint density at radius 2 is 1.59 bits per heavy atom. The van der Waals surface area contributed by atoms with Crippen molar-refractivity contribution in [3.05, 3.63) is 77.4 Å². The first-order valence-corrected chi connectivity index (χ1v) is 11.8. The Labute approximate surface area is 199 Å². The highest BCUT2D eigenvalue weighted by Crippen LogP contribution is 2.34. The van der Waals surface area contributed by atoms with E-state index in [0.29, 0.717) is 34.8 Å². The van der Waals surface area contributed by atoms with Gasteiger partial charge in [-0.2, -0.15) is 13.7 Å². The third-order valence-corrected chi connectivity index (χ3v) is 6.15. The van der Waals surface area contributed by atoms with Crippen LogP contribution in [-0.4, -0.2) is 29.2 Å². The predicted octanol–water partition coefficient (Wildman–Crippen LogP) is 5.24. The molecule has 0 heterocycles. The molecule has 7 nitrogen and oxygen atoms in total. The first-order chi connectivity index (χ1) is 16.3. The van der Waals surface area contributed by atoms with Crippen LogP contribution in [0.2, 0.25) is 0 Å². The fourth-order valence-electron chi connectivity index (χ4n) is 3.17. The van der Waals surface area contributed by atoms with Gasteiger partial charge in [-0.05, 0) is 73.5 Å². The molecule has 0 radical (unpaired) electrons. The summed E-state index contributed by atoms with van der Waals surface area (Å²) in [6.07, 6.45) is 1.67. The summed E-state index contributed by atoms with van der Waals surface area (Å²) < 4.78 is 47.0. The number of rotatable bonds is 9. The third-order valence-electron chi connectivity index (χ3n) is 4.90. The minimum absolute atomic E-state index is 0.0461. The average molecular weight is 480 g/mol. The summed E-state index contributed by atoms with van der Waals surface area (Å²) in [6, 6.07) is 18.5. The van der Waals surface area contributed by atoms with Crippen molar-refractivity contribution < 1.29 is 26.8 Å². The van der Waals surface area contributed by atoms with Crippen LogP contribution in [0.1, 0.15) is 23.6 Å². The van der Waals surface area contributed by atoms with Crippen molar-refractivity contribution in [3.8, 4) is 29.1 Å². The Kier molecular flexibility index (Phi) is 7.82. The molecule has 3 aromatic rings. The van der Waals surface area contributed by atoms with Gasteiger partial charge in [0, 0.05) is 0 Å². The summed E-state index contributed by atoms with van der Waals surface area (Å²) in [7, 11) is -0.981. The van der Waals surface area contributed by atoms with Gasteiger partial charge in [-0.15, -0.1) is 0 Å². The van der Waals surface area contributed by atoms with E-state index in [2.05, 4.69) is 6.07 Å². The van der Waals surface area contributed by atoms with Crippen molar-refractivity contribution >= 4 is 21.8 Å². The molecule has 34 heavy (non-hydrogen) atoms. The van der Waals surface area contributed by atoms with Gasteiger partial charge in [-0.25, -0.2) is 0 Å². The second kappa shape index (κ2) is 10.8. The molecule has 0 amide bonds. The maximum absolute atomic E-state index is 12.7. The van der Waals surface area contributed by atoms with E-state index in [1.54, 1.807) is 55.5 Å². The highest BCUT2D eigenvalue weighted by molar-refractivity contribution is 7.87. The molecule has 0 aromatic heterocycles. The molecule has 0 aliphatic rings. The van der Waals surface area contributed by atoms with Crippen molar-refractivity contribution in [2.45, 2.75) is 18.7 Å². The van der Waals surface area contributed by atoms with Crippen LogP contribution in [0.5, 0.6) is 23.0 Å². The minimum Gasteiger partial charge on any atom is -0.493 e. The van der Waals surface area contributed by atoms with Crippen LogP contribution in [0.3, 0.4) is 0 Å². The van der Waals surface area contributed by atoms with Gasteiger partial charge in [0.05, 0.1) is 32.5 Å². The number of ether oxygens (including phenoxy) is 3. The van der Waals surface area contributed by atoms with E-state index in [1.807, 2.05) is 6.92 Å². The van der Waals surface area contributed by atoms with Crippen LogP contribution in [0.15, 0.2) is 65.6 Å². The zero-order chi connectivity index (χ0) is 24.7. The van der Waals surface area contributed by atoms with E-state index >= 15 is 0 Å². The SMILES string of the molecule is CCOc1cc(/C=C(\C#N)c2ccc(OC)c(OC)c2)ccc1OS(=O)(=O)c1ccc(C)cc1. The van der Waals surface area contributed by atoms with Gasteiger partial charge < -0.3 is 18.4 Å². The van der Waals surface area contributed by atoms with Crippen molar-refractivity contribution in [2.24, 2.45) is 0 Å². The number of allylic oxidation sites excluding steroid dienone is 1. The molecule has 0 N–H and O–H groups in total. The first kappa shape index (κ1) is 24.7. The Morgan fingerprint density at radius 1 is 0.912 bits per heavy atom. The molecule has 0 atom stereocenters. The van der Waals surface area contributed by atoms with E-state index in [0.717, 1.165) is 5.56 Å². The van der Waals surface area contributed by atoms with Gasteiger partial charge >= 0.3 is 10.1 Å². The summed E-state index contributed by atoms with van der Waals surface area (Å²) in [5, 5.41) is 9.73. The minimum atomic E-state index is -4.04. The number of nitriles is 1. The van der Waals surface area contributed by atoms with Crippen molar-refractivity contribution in [1.29, 1.82) is 5.26 Å². The molecule has 8 heteroatoms. The molecule has 0 saturated carbocycles. The normalized spacial score (nSPS) is 11.4. The molecule has 3 rings (SSSR count). The molecule has 0 aliphatic heterocycles. The zero-order valence-electron chi connectivity index (χ0n) is 19.4. The standard InChI is InChI=1S/C26H25NO6S/c1-5-32-26-15-19(14-21(17-27)20-9-13-23(30-3)25(16-20)31-4)8-12-24(26)33-34(28,29)22-10-6-18(2)7-11-22/h6-16H,5H2,1-4H3/b21-14+. The Morgan fingerprint density at radius 3 is 2.21 bits per heavy atom. The van der Waals surface area contributed by atoms with Gasteiger partial charge in [0.1, 0.15) is 4.90 Å². The summed E-state index contributed by atoms with van der Waals surface area (Å²) in [6.45, 7) is 3.95. The van der Waals surface area contributed by atoms with Crippen LogP contribution in [-0.2, 0) is 10.1 Å². The number of methoxy groups -OCH3 is 2. The van der Waals surface area contributed by atoms with E-state index in [1.165, 1.54) is 32.4 Å². The smallest absolute Gasteiger partial charge is 0.339 e. The molecule has 0 fully saturated rings. The van der Waals surface area contributed by atoms with Crippen LogP contribution in [0.4, 0.5) is 0 Å². The van der Waals surface area contributed by atoms with Gasteiger partial charge in [0.2, 0.25) is 0 Å². The van der Waals surface area contributed by atoms with E-state index in [9.17, 15) is 13.7 Å². The van der Waals surface area contributed by atoms with Crippen molar-refractivity contribution in [3.63, 3.8) is 0 Å². The van der Waals surface area contributed by atoms with Crippen LogP contribution in [0, 0.1) is 18.3 Å². The lowest BCUT2D eigenvalue weighted by molar-refractivity contribution is 0.327. The summed E-state index contributed by atoms with van der Waals surface area (Å²) in [4.78, 5) is 0.0461. The Bertz CT molecular complexity index is 1340. The summed E-state index contributed by atoms with van der Waals surface area (Å²) >= 11 is 0. The second-order valence-electron chi connectivity index (χ2n) is 7.23. The molecule has 0 bridgehead atoms. The molecule has 0 saturated heterocycles. The van der Waals surface area contributed by atoms with Gasteiger partial charge in [0.15, 0.2) is 23.0 Å². The topological polar surface area (TPSA) is 94.8 Å². The molecule has 0 aliphatic carbocycles. The molecule has 3 aromatic carbocycles. The Hall–Kier alpha value is -3.96. The average Bonchev–Trinajstić information content (AvgIpc) is 2.84. The fourth-order valence-corrected chi connectivity index (χ4v) is 4.11. The largest absolute Gasteiger partial charge is 0.493 e. The second-order valence-corrected chi connectivity index (χ2v) is 8.78. The van der Waals surface area contributed by atoms with Crippen molar-refractivity contribution in [2.75, 3.05) is 20.8 Å². The first-order valence-electron chi connectivity index (χ1n) is 10.4. The van der Waals surface area contributed by atoms with Crippen LogP contribution >= 0.6 is 0 Å². The molecule has 176 valence electrons. The predicted molar refractivity (Wildman–Crippen MR) is 130 cm³/mol. The summed E-state index contributed by atoms with van der Waals surface area (Å²) in [5.74, 6) is 1.36. The maximum Gasteiger partial charge on any atom is 0.339 e. The van der Waals surface area contributed by atoms with Crippen LogP contribution < -0.4 is 18.4 Å². The number of hydrogen-bond acceptors (Lipinski definition) is 7. The lowest BCUT2D eigenvalue weighted by Gasteiger charge is -2.13. The number of nitrogens with zero attached hydrogens (tertiary/aromatic N) is 1. The number of hydrogen-bond donors (Lipinski definition) is 0. The highest BCUT2D eigenvalue weighted by Gasteiger charge is 2.19. The third kappa shape index (κ3) is 5.69.